The summed E-state index contributed by atoms with van der Waals surface area (Å²) >= 11 is 0. The number of pyridine rings is 1. The van der Waals surface area contributed by atoms with Crippen LogP contribution in [0.3, 0.4) is 0 Å². The van der Waals surface area contributed by atoms with Crippen molar-refractivity contribution in [3.63, 3.8) is 0 Å². The Balaban J connectivity index is 1.93. The van der Waals surface area contributed by atoms with Gasteiger partial charge in [0.2, 0.25) is 5.88 Å². The maximum absolute atomic E-state index is 5.92. The third-order valence-corrected chi connectivity index (χ3v) is 4.12. The number of nitrogens with two attached hydrogens (primary N) is 1. The Morgan fingerprint density at radius 1 is 1.22 bits per heavy atom. The molecule has 0 saturated heterocycles. The summed E-state index contributed by atoms with van der Waals surface area (Å²) in [4.78, 5) is 13.1. The van der Waals surface area contributed by atoms with Crippen molar-refractivity contribution in [2.24, 2.45) is 5.92 Å². The third kappa shape index (κ3) is 3.42. The van der Waals surface area contributed by atoms with Crippen LogP contribution in [0.15, 0.2) is 18.5 Å². The van der Waals surface area contributed by atoms with Gasteiger partial charge in [-0.3, -0.25) is 0 Å². The fourth-order valence-corrected chi connectivity index (χ4v) is 2.77. The molecule has 0 amide bonds. The molecular weight excluding hydrogens is 288 g/mol. The molecule has 2 aromatic rings. The maximum Gasteiger partial charge on any atom is 0.213 e. The number of aromatic nitrogens is 3. The minimum Gasteiger partial charge on any atom is -0.481 e. The number of aryl methyl sites for hydroxylation is 1. The van der Waals surface area contributed by atoms with Crippen LogP contribution < -0.4 is 10.5 Å². The molecule has 1 fully saturated rings. The third-order valence-electron chi connectivity index (χ3n) is 4.12. The first kappa shape index (κ1) is 15.3. The van der Waals surface area contributed by atoms with E-state index in [2.05, 4.69) is 26.8 Å². The first-order chi connectivity index (χ1) is 11.2. The number of ether oxygens (including phenoxy) is 1. The predicted octanol–water partition coefficient (Wildman–Crippen LogP) is 2.98. The van der Waals surface area contributed by atoms with Gasteiger partial charge in [-0.25, -0.2) is 15.0 Å². The van der Waals surface area contributed by atoms with Crippen LogP contribution in [-0.4, -0.2) is 22.1 Å². The Kier molecular flexibility index (Phi) is 4.42. The van der Waals surface area contributed by atoms with Crippen molar-refractivity contribution >= 4 is 5.82 Å². The van der Waals surface area contributed by atoms with Crippen molar-refractivity contribution in [1.82, 2.24) is 15.0 Å². The average molecular weight is 308 g/mol. The molecular formula is C18H20N4O. The van der Waals surface area contributed by atoms with Gasteiger partial charge in [-0.05, 0) is 31.2 Å². The SMILES string of the molecule is COc1cc(C)c(-c2cnc(N)c(C#CC3CCCC3)n2)cn1. The molecule has 0 bridgehead atoms. The van der Waals surface area contributed by atoms with E-state index in [1.165, 1.54) is 25.7 Å². The van der Waals surface area contributed by atoms with Crippen molar-refractivity contribution in [3.05, 3.63) is 29.7 Å². The minimum absolute atomic E-state index is 0.373. The summed E-state index contributed by atoms with van der Waals surface area (Å²) in [5.41, 5.74) is 9.12. The number of anilines is 1. The van der Waals surface area contributed by atoms with Crippen LogP contribution in [0, 0.1) is 24.7 Å². The van der Waals surface area contributed by atoms with Crippen LogP contribution in [0.2, 0.25) is 0 Å². The smallest absolute Gasteiger partial charge is 0.213 e. The van der Waals surface area contributed by atoms with Crippen LogP contribution in [0.4, 0.5) is 5.82 Å². The van der Waals surface area contributed by atoms with Crippen LogP contribution >= 0.6 is 0 Å². The van der Waals surface area contributed by atoms with Gasteiger partial charge in [-0.2, -0.15) is 0 Å². The fraction of sp³-hybridized carbons (Fsp3) is 0.389. The quantitative estimate of drug-likeness (QED) is 0.863. The number of hydrogen-bond donors (Lipinski definition) is 1. The Labute approximate surface area is 136 Å². The first-order valence-electron chi connectivity index (χ1n) is 7.82. The highest BCUT2D eigenvalue weighted by atomic mass is 16.5. The second-order valence-electron chi connectivity index (χ2n) is 5.78. The van der Waals surface area contributed by atoms with E-state index in [-0.39, 0.29) is 0 Å². The van der Waals surface area contributed by atoms with Crippen molar-refractivity contribution in [3.8, 4) is 29.0 Å². The lowest BCUT2D eigenvalue weighted by molar-refractivity contribution is 0.397. The van der Waals surface area contributed by atoms with Gasteiger partial charge in [0.25, 0.3) is 0 Å². The zero-order valence-electron chi connectivity index (χ0n) is 13.5. The number of methoxy groups -OCH3 is 1. The number of nitrogens with zero attached hydrogens (tertiary/aromatic N) is 3. The predicted molar refractivity (Wildman–Crippen MR) is 89.8 cm³/mol. The second-order valence-corrected chi connectivity index (χ2v) is 5.78. The van der Waals surface area contributed by atoms with Gasteiger partial charge in [-0.15, -0.1) is 0 Å². The second kappa shape index (κ2) is 6.66. The highest BCUT2D eigenvalue weighted by Crippen LogP contribution is 2.25. The van der Waals surface area contributed by atoms with Crippen molar-refractivity contribution in [2.45, 2.75) is 32.6 Å². The lowest BCUT2D eigenvalue weighted by Crippen LogP contribution is -2.01. The molecule has 0 aromatic carbocycles. The van der Waals surface area contributed by atoms with Crippen LogP contribution in [0.5, 0.6) is 5.88 Å². The molecule has 0 atom stereocenters. The molecule has 1 saturated carbocycles. The summed E-state index contributed by atoms with van der Waals surface area (Å²) in [6.07, 6.45) is 8.26. The molecule has 0 unspecified atom stereocenters. The van der Waals surface area contributed by atoms with E-state index in [1.54, 1.807) is 19.5 Å². The lowest BCUT2D eigenvalue weighted by Gasteiger charge is -2.07. The van der Waals surface area contributed by atoms with Gasteiger partial charge < -0.3 is 10.5 Å². The standard InChI is InChI=1S/C18H20N4O/c1-12-9-17(23-2)20-10-14(12)16-11-21-18(19)15(22-16)8-7-13-5-3-4-6-13/h9-11,13H,3-6H2,1-2H3,(H2,19,21). The topological polar surface area (TPSA) is 73.9 Å². The average Bonchev–Trinajstić information content (AvgIpc) is 3.07. The maximum atomic E-state index is 5.92. The highest BCUT2D eigenvalue weighted by molar-refractivity contribution is 5.64. The Morgan fingerprint density at radius 2 is 2.00 bits per heavy atom. The molecule has 1 aliphatic carbocycles. The molecule has 2 heterocycles. The number of nitrogen functional groups attached to an aromatic ring is 1. The minimum atomic E-state index is 0.373. The van der Waals surface area contributed by atoms with Crippen LogP contribution in [0.1, 0.15) is 36.9 Å². The molecule has 23 heavy (non-hydrogen) atoms. The van der Waals surface area contributed by atoms with Gasteiger partial charge in [0.05, 0.1) is 19.0 Å². The summed E-state index contributed by atoms with van der Waals surface area (Å²) in [6, 6.07) is 1.87. The van der Waals surface area contributed by atoms with Crippen LogP contribution in [0.25, 0.3) is 11.3 Å². The molecule has 0 spiro atoms. The van der Waals surface area contributed by atoms with Gasteiger partial charge in [-0.1, -0.05) is 18.8 Å². The number of rotatable bonds is 2. The van der Waals surface area contributed by atoms with Gasteiger partial charge in [0.1, 0.15) is 0 Å². The highest BCUT2D eigenvalue weighted by Gasteiger charge is 2.13. The van der Waals surface area contributed by atoms with Gasteiger partial charge in [0, 0.05) is 23.7 Å². The van der Waals surface area contributed by atoms with E-state index in [0.29, 0.717) is 23.3 Å². The zero-order chi connectivity index (χ0) is 16.2. The van der Waals surface area contributed by atoms with Gasteiger partial charge in [0.15, 0.2) is 11.5 Å². The number of hydrogen-bond acceptors (Lipinski definition) is 5. The van der Waals surface area contributed by atoms with E-state index in [1.807, 2.05) is 13.0 Å². The molecule has 1 aliphatic rings. The Hall–Kier alpha value is -2.61. The van der Waals surface area contributed by atoms with Crippen molar-refractivity contribution < 1.29 is 4.74 Å². The molecule has 3 rings (SSSR count). The summed E-state index contributed by atoms with van der Waals surface area (Å²) in [6.45, 7) is 1.99. The van der Waals surface area contributed by atoms with Crippen molar-refractivity contribution in [1.29, 1.82) is 0 Å². The summed E-state index contributed by atoms with van der Waals surface area (Å²) in [7, 11) is 1.60. The summed E-state index contributed by atoms with van der Waals surface area (Å²) < 4.78 is 5.13. The first-order valence-corrected chi connectivity index (χ1v) is 7.82. The summed E-state index contributed by atoms with van der Waals surface area (Å²) in [5.74, 6) is 7.81. The molecule has 5 heteroatoms. The van der Waals surface area contributed by atoms with E-state index >= 15 is 0 Å². The largest absolute Gasteiger partial charge is 0.481 e. The molecule has 0 aliphatic heterocycles. The van der Waals surface area contributed by atoms with E-state index in [0.717, 1.165) is 16.8 Å². The zero-order valence-corrected chi connectivity index (χ0v) is 13.5. The lowest BCUT2D eigenvalue weighted by atomic mass is 10.1. The fourth-order valence-electron chi connectivity index (χ4n) is 2.77. The summed E-state index contributed by atoms with van der Waals surface area (Å²) in [5, 5.41) is 0. The Morgan fingerprint density at radius 3 is 2.70 bits per heavy atom. The van der Waals surface area contributed by atoms with E-state index < -0.39 is 0 Å². The molecule has 0 radical (unpaired) electrons. The Bertz CT molecular complexity index is 770. The molecule has 2 aromatic heterocycles. The van der Waals surface area contributed by atoms with Crippen LogP contribution in [-0.2, 0) is 0 Å². The van der Waals surface area contributed by atoms with E-state index in [4.69, 9.17) is 10.5 Å². The van der Waals surface area contributed by atoms with E-state index in [9.17, 15) is 0 Å². The van der Waals surface area contributed by atoms with Crippen molar-refractivity contribution in [2.75, 3.05) is 12.8 Å². The molecule has 118 valence electrons. The molecule has 2 N–H and O–H groups in total. The normalized spacial score (nSPS) is 14.3. The monoisotopic (exact) mass is 308 g/mol. The molecule has 5 nitrogen and oxygen atoms in total. The van der Waals surface area contributed by atoms with Gasteiger partial charge >= 0.3 is 0 Å².